The van der Waals surface area contributed by atoms with Gasteiger partial charge in [0.25, 0.3) is 0 Å². The number of carbonyl (C=O) groups excluding carboxylic acids is 1. The second-order valence-corrected chi connectivity index (χ2v) is 2.01. The Morgan fingerprint density at radius 1 is 1.83 bits per heavy atom. The molecule has 6 heteroatoms. The molecule has 6 nitrogen and oxygen atoms in total. The molecule has 0 fully saturated rings. The normalized spacial score (nSPS) is 8.08. The SMILES string of the molecule is C=C(C)C(=O)OCCNN=[N+]=[N-]. The highest BCUT2D eigenvalue weighted by Crippen LogP contribution is 1.90. The highest BCUT2D eigenvalue weighted by molar-refractivity contribution is 5.86. The Bertz CT molecular complexity index is 220. The fourth-order valence-corrected chi connectivity index (χ4v) is 0.394. The van der Waals surface area contributed by atoms with Crippen LogP contribution in [-0.4, -0.2) is 19.1 Å². The molecule has 0 aromatic rings. The van der Waals surface area contributed by atoms with E-state index in [9.17, 15) is 4.79 Å². The maximum Gasteiger partial charge on any atom is 0.333 e. The number of hydrogen-bond acceptors (Lipinski definition) is 3. The maximum atomic E-state index is 10.7. The second kappa shape index (κ2) is 6.06. The van der Waals surface area contributed by atoms with E-state index < -0.39 is 5.97 Å². The summed E-state index contributed by atoms with van der Waals surface area (Å²) >= 11 is 0. The van der Waals surface area contributed by atoms with Gasteiger partial charge in [0.05, 0.1) is 0 Å². The highest BCUT2D eigenvalue weighted by Gasteiger charge is 2.01. The average molecular weight is 170 g/mol. The Morgan fingerprint density at radius 3 is 3.00 bits per heavy atom. The molecule has 0 bridgehead atoms. The molecule has 0 aliphatic rings. The molecule has 12 heavy (non-hydrogen) atoms. The summed E-state index contributed by atoms with van der Waals surface area (Å²) < 4.78 is 4.67. The monoisotopic (exact) mass is 170 g/mol. The lowest BCUT2D eigenvalue weighted by Gasteiger charge is -2.00. The van der Waals surface area contributed by atoms with E-state index in [0.717, 1.165) is 0 Å². The fraction of sp³-hybridized carbons (Fsp3) is 0.500. The summed E-state index contributed by atoms with van der Waals surface area (Å²) in [5.74, 6) is -0.447. The van der Waals surface area contributed by atoms with E-state index in [1.165, 1.54) is 0 Å². The summed E-state index contributed by atoms with van der Waals surface area (Å²) in [5.41, 5.74) is 10.5. The van der Waals surface area contributed by atoms with Gasteiger partial charge in [-0.25, -0.2) is 4.79 Å². The van der Waals surface area contributed by atoms with Gasteiger partial charge in [-0.15, -0.1) is 5.53 Å². The summed E-state index contributed by atoms with van der Waals surface area (Å²) in [6, 6.07) is 0. The van der Waals surface area contributed by atoms with Crippen molar-refractivity contribution in [2.75, 3.05) is 13.2 Å². The second-order valence-electron chi connectivity index (χ2n) is 2.01. The molecule has 1 N–H and O–H groups in total. The third-order valence-electron chi connectivity index (χ3n) is 0.911. The summed E-state index contributed by atoms with van der Waals surface area (Å²) in [6.07, 6.45) is 0. The predicted molar refractivity (Wildman–Crippen MR) is 42.9 cm³/mol. The quantitative estimate of drug-likeness (QED) is 0.126. The first-order chi connectivity index (χ1) is 5.68. The van der Waals surface area contributed by atoms with E-state index in [4.69, 9.17) is 5.53 Å². The molecule has 0 saturated heterocycles. The first-order valence-corrected chi connectivity index (χ1v) is 3.28. The minimum absolute atomic E-state index is 0.157. The number of azide groups is 1. The molecule has 0 spiro atoms. The van der Waals surface area contributed by atoms with Crippen molar-refractivity contribution in [1.82, 2.24) is 5.43 Å². The van der Waals surface area contributed by atoms with Crippen LogP contribution < -0.4 is 5.43 Å². The summed E-state index contributed by atoms with van der Waals surface area (Å²) in [7, 11) is 0. The Morgan fingerprint density at radius 2 is 2.50 bits per heavy atom. The Kier molecular flexibility index (Phi) is 5.21. The van der Waals surface area contributed by atoms with Crippen molar-refractivity contribution in [3.63, 3.8) is 0 Å². The largest absolute Gasteiger partial charge is 0.458 e. The van der Waals surface area contributed by atoms with Gasteiger partial charge >= 0.3 is 5.97 Å². The molecule has 0 aliphatic heterocycles. The summed E-state index contributed by atoms with van der Waals surface area (Å²) in [5, 5.41) is 3.03. The molecule has 0 heterocycles. The van der Waals surface area contributed by atoms with Crippen LogP contribution in [0.15, 0.2) is 17.4 Å². The van der Waals surface area contributed by atoms with Crippen LogP contribution in [0, 0.1) is 0 Å². The minimum atomic E-state index is -0.447. The number of esters is 1. The van der Waals surface area contributed by atoms with Crippen molar-refractivity contribution >= 4 is 5.97 Å². The van der Waals surface area contributed by atoms with Gasteiger partial charge < -0.3 is 4.74 Å². The predicted octanol–water partition coefficient (Wildman–Crippen LogP) is 0.921. The first-order valence-electron chi connectivity index (χ1n) is 3.28. The third kappa shape index (κ3) is 5.13. The van der Waals surface area contributed by atoms with Crippen molar-refractivity contribution in [3.05, 3.63) is 22.6 Å². The van der Waals surface area contributed by atoms with Crippen LogP contribution in [0.1, 0.15) is 6.92 Å². The van der Waals surface area contributed by atoms with Gasteiger partial charge in [0.2, 0.25) is 0 Å². The number of nitrogens with zero attached hydrogens (tertiary/aromatic N) is 3. The van der Waals surface area contributed by atoms with Crippen molar-refractivity contribution in [2.45, 2.75) is 6.92 Å². The number of nitrogens with one attached hydrogen (secondary N) is 1. The van der Waals surface area contributed by atoms with Crippen LogP contribution in [-0.2, 0) is 9.53 Å². The van der Waals surface area contributed by atoms with E-state index in [2.05, 4.69) is 26.9 Å². The zero-order valence-corrected chi connectivity index (χ0v) is 6.78. The zero-order valence-electron chi connectivity index (χ0n) is 6.78. The average Bonchev–Trinajstić information content (AvgIpc) is 2.03. The molecule has 0 aromatic heterocycles. The third-order valence-corrected chi connectivity index (χ3v) is 0.911. The van der Waals surface area contributed by atoms with Gasteiger partial charge in [-0.2, -0.15) is 4.91 Å². The number of hydrogen-bond donors (Lipinski definition) is 1. The summed E-state index contributed by atoms with van der Waals surface area (Å²) in [4.78, 5) is 13.2. The van der Waals surface area contributed by atoms with Gasteiger partial charge in [-0.05, 0) is 12.1 Å². The van der Waals surface area contributed by atoms with E-state index in [1.54, 1.807) is 6.92 Å². The zero-order chi connectivity index (χ0) is 9.40. The smallest absolute Gasteiger partial charge is 0.333 e. The molecular weight excluding hydrogens is 160 g/mol. The van der Waals surface area contributed by atoms with Gasteiger partial charge in [0, 0.05) is 5.57 Å². The van der Waals surface area contributed by atoms with E-state index >= 15 is 0 Å². The van der Waals surface area contributed by atoms with Gasteiger partial charge in [-0.1, -0.05) is 6.58 Å². The highest BCUT2D eigenvalue weighted by atomic mass is 16.5. The van der Waals surface area contributed by atoms with Crippen LogP contribution in [0.5, 0.6) is 0 Å². The standard InChI is InChI=1S/C6H10N4O2/c1-5(2)6(11)12-4-3-8-10-9-7/h8H,1,3-4H2,2H3. The van der Waals surface area contributed by atoms with Crippen molar-refractivity contribution in [1.29, 1.82) is 0 Å². The van der Waals surface area contributed by atoms with Gasteiger partial charge in [-0.3, -0.25) is 5.43 Å². The maximum absolute atomic E-state index is 10.7. The molecule has 0 radical (unpaired) electrons. The Balaban J connectivity index is 3.37. The van der Waals surface area contributed by atoms with Gasteiger partial charge in [0.1, 0.15) is 13.2 Å². The number of ether oxygens (including phenoxy) is 1. The van der Waals surface area contributed by atoms with Crippen LogP contribution in [0.25, 0.3) is 10.4 Å². The minimum Gasteiger partial charge on any atom is -0.458 e. The summed E-state index contributed by atoms with van der Waals surface area (Å²) in [6.45, 7) is 5.40. The molecule has 0 rings (SSSR count). The fourth-order valence-electron chi connectivity index (χ4n) is 0.394. The molecule has 0 atom stereocenters. The van der Waals surface area contributed by atoms with Gasteiger partial charge in [0.15, 0.2) is 0 Å². The number of rotatable bonds is 5. The van der Waals surface area contributed by atoms with E-state index in [0.29, 0.717) is 12.1 Å². The van der Waals surface area contributed by atoms with Crippen LogP contribution in [0.4, 0.5) is 0 Å². The molecule has 0 aromatic carbocycles. The lowest BCUT2D eigenvalue weighted by atomic mass is 10.4. The molecule has 0 aliphatic carbocycles. The molecule has 0 unspecified atom stereocenters. The lowest BCUT2D eigenvalue weighted by molar-refractivity contribution is -0.138. The van der Waals surface area contributed by atoms with E-state index in [1.807, 2.05) is 0 Å². The van der Waals surface area contributed by atoms with Crippen molar-refractivity contribution in [2.24, 2.45) is 5.22 Å². The lowest BCUT2D eigenvalue weighted by Crippen LogP contribution is -2.16. The Hall–Kier alpha value is -1.68. The van der Waals surface area contributed by atoms with E-state index in [-0.39, 0.29) is 6.61 Å². The molecule has 0 saturated carbocycles. The van der Waals surface area contributed by atoms with Crippen LogP contribution in [0.2, 0.25) is 0 Å². The first kappa shape index (κ1) is 10.3. The van der Waals surface area contributed by atoms with Crippen LogP contribution >= 0.6 is 0 Å². The molecular formula is C6H10N4O2. The molecule has 0 amide bonds. The number of carbonyl (C=O) groups is 1. The van der Waals surface area contributed by atoms with Crippen molar-refractivity contribution in [3.8, 4) is 0 Å². The molecule has 66 valence electrons. The topological polar surface area (TPSA) is 87.1 Å². The van der Waals surface area contributed by atoms with Crippen molar-refractivity contribution < 1.29 is 9.53 Å². The van der Waals surface area contributed by atoms with Crippen LogP contribution in [0.3, 0.4) is 0 Å². The Labute approximate surface area is 69.8 Å².